The van der Waals surface area contributed by atoms with Crippen LogP contribution in [-0.2, 0) is 6.54 Å². The molecule has 3 nitrogen and oxygen atoms in total. The lowest BCUT2D eigenvalue weighted by atomic mass is 9.51. The molecular weight excluding hydrogens is 294 g/mol. The average Bonchev–Trinajstić information content (AvgIpc) is 2.89. The second-order valence-electron chi connectivity index (χ2n) is 7.99. The highest BCUT2D eigenvalue weighted by atomic mass is 32.2. The Morgan fingerprint density at radius 2 is 2.00 bits per heavy atom. The molecule has 4 saturated carbocycles. The molecular formula is C18H23NO2S. The quantitative estimate of drug-likeness (QED) is 0.845. The minimum absolute atomic E-state index is 0.202. The highest BCUT2D eigenvalue weighted by Gasteiger charge is 2.60. The first-order chi connectivity index (χ1) is 10.6. The normalized spacial score (nSPS) is 42.6. The topological polar surface area (TPSA) is 32.7 Å². The number of aliphatic hydroxyl groups is 1. The summed E-state index contributed by atoms with van der Waals surface area (Å²) in [4.78, 5) is 1.28. The van der Waals surface area contributed by atoms with Crippen LogP contribution in [0.15, 0.2) is 23.1 Å². The van der Waals surface area contributed by atoms with Crippen molar-refractivity contribution < 1.29 is 9.84 Å². The predicted octanol–water partition coefficient (Wildman–Crippen LogP) is 3.60. The molecule has 1 aromatic carbocycles. The fourth-order valence-electron chi connectivity index (χ4n) is 5.97. The smallest absolute Gasteiger partial charge is 0.134 e. The Hall–Kier alpha value is -0.710. The van der Waals surface area contributed by atoms with Gasteiger partial charge < -0.3 is 9.84 Å². The first-order valence-electron chi connectivity index (χ1n) is 8.43. The van der Waals surface area contributed by atoms with Gasteiger partial charge in [0.2, 0.25) is 0 Å². The van der Waals surface area contributed by atoms with Gasteiger partial charge in [-0.15, -0.1) is 0 Å². The van der Waals surface area contributed by atoms with Gasteiger partial charge in [0.1, 0.15) is 5.75 Å². The van der Waals surface area contributed by atoms with Crippen molar-refractivity contribution in [3.8, 4) is 5.75 Å². The molecule has 4 fully saturated rings. The molecule has 4 bridgehead atoms. The van der Waals surface area contributed by atoms with Crippen molar-refractivity contribution in [1.29, 1.82) is 0 Å². The van der Waals surface area contributed by atoms with E-state index in [-0.39, 0.29) is 11.1 Å². The third-order valence-corrected chi connectivity index (χ3v) is 7.71. The summed E-state index contributed by atoms with van der Waals surface area (Å²) < 4.78 is 8.13. The summed E-state index contributed by atoms with van der Waals surface area (Å²) in [5.41, 5.74) is 1.20. The van der Waals surface area contributed by atoms with Crippen LogP contribution < -0.4 is 4.74 Å². The van der Waals surface area contributed by atoms with Crippen molar-refractivity contribution in [3.63, 3.8) is 0 Å². The molecule has 1 heterocycles. The molecule has 0 spiro atoms. The summed E-state index contributed by atoms with van der Waals surface area (Å²) in [5.74, 6) is 2.46. The van der Waals surface area contributed by atoms with E-state index in [1.807, 2.05) is 11.9 Å². The number of fused-ring (bicyclic) bond motifs is 1. The molecule has 1 N–H and O–H groups in total. The van der Waals surface area contributed by atoms with Gasteiger partial charge in [0.05, 0.1) is 17.6 Å². The second kappa shape index (κ2) is 4.43. The summed E-state index contributed by atoms with van der Waals surface area (Å²) in [6.07, 6.45) is 6.94. The fraction of sp³-hybridized carbons (Fsp3) is 0.667. The van der Waals surface area contributed by atoms with Crippen molar-refractivity contribution in [1.82, 2.24) is 4.31 Å². The molecule has 4 aliphatic carbocycles. The van der Waals surface area contributed by atoms with E-state index in [1.165, 1.54) is 29.7 Å². The van der Waals surface area contributed by atoms with Crippen molar-refractivity contribution in [3.05, 3.63) is 23.8 Å². The van der Waals surface area contributed by atoms with Crippen molar-refractivity contribution >= 4 is 11.9 Å². The van der Waals surface area contributed by atoms with E-state index in [2.05, 4.69) is 22.5 Å². The first kappa shape index (κ1) is 13.7. The van der Waals surface area contributed by atoms with Crippen LogP contribution in [0.25, 0.3) is 0 Å². The van der Waals surface area contributed by atoms with Crippen molar-refractivity contribution in [2.45, 2.75) is 61.1 Å². The van der Waals surface area contributed by atoms with Gasteiger partial charge in [0.15, 0.2) is 0 Å². The molecule has 0 radical (unpaired) electrons. The monoisotopic (exact) mass is 317 g/mol. The van der Waals surface area contributed by atoms with Crippen molar-refractivity contribution in [2.75, 3.05) is 7.11 Å². The van der Waals surface area contributed by atoms with Crippen LogP contribution in [0.2, 0.25) is 0 Å². The summed E-state index contributed by atoms with van der Waals surface area (Å²) in [6, 6.07) is 6.37. The molecule has 0 saturated heterocycles. The van der Waals surface area contributed by atoms with Crippen LogP contribution in [0.3, 0.4) is 0 Å². The Labute approximate surface area is 136 Å². The van der Waals surface area contributed by atoms with Crippen LogP contribution >= 0.6 is 11.9 Å². The van der Waals surface area contributed by atoms with E-state index < -0.39 is 0 Å². The van der Waals surface area contributed by atoms with Gasteiger partial charge in [-0.1, -0.05) is 12.1 Å². The molecule has 4 heteroatoms. The molecule has 22 heavy (non-hydrogen) atoms. The number of methoxy groups -OCH3 is 1. The van der Waals surface area contributed by atoms with Gasteiger partial charge in [0, 0.05) is 12.1 Å². The summed E-state index contributed by atoms with van der Waals surface area (Å²) >= 11 is 1.87. The molecule has 1 aromatic rings. The summed E-state index contributed by atoms with van der Waals surface area (Å²) in [5, 5.41) is 11.0. The Kier molecular flexibility index (Phi) is 2.76. The van der Waals surface area contributed by atoms with Gasteiger partial charge in [-0.05, 0) is 73.9 Å². The Morgan fingerprint density at radius 3 is 2.68 bits per heavy atom. The fourth-order valence-corrected chi connectivity index (χ4v) is 7.29. The second-order valence-corrected chi connectivity index (χ2v) is 9.02. The summed E-state index contributed by atoms with van der Waals surface area (Å²) in [7, 11) is 1.76. The Bertz CT molecular complexity index is 618. The minimum Gasteiger partial charge on any atom is -0.496 e. The van der Waals surface area contributed by atoms with Crippen LogP contribution in [-0.4, -0.2) is 27.7 Å². The molecule has 1 aliphatic heterocycles. The van der Waals surface area contributed by atoms with E-state index in [1.54, 1.807) is 7.11 Å². The molecule has 5 aliphatic rings. The zero-order valence-corrected chi connectivity index (χ0v) is 13.9. The molecule has 6 rings (SSSR count). The van der Waals surface area contributed by atoms with E-state index in [9.17, 15) is 5.11 Å². The van der Waals surface area contributed by atoms with Crippen LogP contribution in [0, 0.1) is 11.8 Å². The number of benzene rings is 1. The largest absolute Gasteiger partial charge is 0.496 e. The van der Waals surface area contributed by atoms with E-state index >= 15 is 0 Å². The lowest BCUT2D eigenvalue weighted by Gasteiger charge is -2.62. The number of nitrogens with zero attached hydrogens (tertiary/aromatic N) is 1. The lowest BCUT2D eigenvalue weighted by molar-refractivity contribution is -0.159. The molecule has 2 atom stereocenters. The molecule has 2 unspecified atom stereocenters. The van der Waals surface area contributed by atoms with E-state index in [4.69, 9.17) is 4.74 Å². The van der Waals surface area contributed by atoms with Crippen LogP contribution in [0.5, 0.6) is 5.75 Å². The maximum atomic E-state index is 11.0. The molecule has 118 valence electrons. The molecule has 0 amide bonds. The standard InChI is InChI=1S/C18H23NO2S/c1-21-15-4-2-3-14-10-19(22-16(14)15)17-6-12-5-13(7-17)9-18(20,8-12)11-17/h2-4,12-13,20H,5-11H2,1H3. The van der Waals surface area contributed by atoms with E-state index in [0.717, 1.165) is 43.4 Å². The van der Waals surface area contributed by atoms with Gasteiger partial charge in [-0.2, -0.15) is 0 Å². The zero-order chi connectivity index (χ0) is 14.9. The van der Waals surface area contributed by atoms with Gasteiger partial charge in [-0.3, -0.25) is 0 Å². The first-order valence-corrected chi connectivity index (χ1v) is 9.20. The van der Waals surface area contributed by atoms with Gasteiger partial charge >= 0.3 is 0 Å². The third kappa shape index (κ3) is 1.84. The predicted molar refractivity (Wildman–Crippen MR) is 86.8 cm³/mol. The Morgan fingerprint density at radius 1 is 1.23 bits per heavy atom. The highest BCUT2D eigenvalue weighted by Crippen LogP contribution is 2.62. The number of hydrogen-bond donors (Lipinski definition) is 1. The summed E-state index contributed by atoms with van der Waals surface area (Å²) in [6.45, 7) is 0.993. The SMILES string of the molecule is COc1cccc2c1SN(C13CC4CC(CC(O)(C4)C1)C3)C2. The Balaban J connectivity index is 1.49. The van der Waals surface area contributed by atoms with Gasteiger partial charge in [-0.25, -0.2) is 4.31 Å². The lowest BCUT2D eigenvalue weighted by Crippen LogP contribution is -2.63. The van der Waals surface area contributed by atoms with Crippen molar-refractivity contribution in [2.24, 2.45) is 11.8 Å². The minimum atomic E-state index is -0.385. The zero-order valence-electron chi connectivity index (χ0n) is 13.0. The maximum Gasteiger partial charge on any atom is 0.134 e. The number of ether oxygens (including phenoxy) is 1. The number of hydrogen-bond acceptors (Lipinski definition) is 4. The van der Waals surface area contributed by atoms with Gasteiger partial charge in [0.25, 0.3) is 0 Å². The third-order valence-electron chi connectivity index (χ3n) is 6.32. The van der Waals surface area contributed by atoms with Crippen LogP contribution in [0.1, 0.15) is 44.1 Å². The average molecular weight is 317 g/mol. The van der Waals surface area contributed by atoms with E-state index in [0.29, 0.717) is 0 Å². The van der Waals surface area contributed by atoms with Crippen LogP contribution in [0.4, 0.5) is 0 Å². The highest BCUT2D eigenvalue weighted by molar-refractivity contribution is 7.97. The number of rotatable bonds is 2. The molecule has 0 aromatic heterocycles. The maximum absolute atomic E-state index is 11.0.